The molecular weight excluding hydrogens is 228 g/mol. The van der Waals surface area contributed by atoms with Crippen molar-refractivity contribution in [2.75, 3.05) is 6.54 Å². The minimum absolute atomic E-state index is 0.165. The number of aliphatic carboxylic acids is 1. The van der Waals surface area contributed by atoms with Gasteiger partial charge in [-0.1, -0.05) is 6.42 Å². The van der Waals surface area contributed by atoms with Crippen LogP contribution in [0.1, 0.15) is 37.8 Å². The molecule has 3 atom stereocenters. The maximum Gasteiger partial charge on any atom is 0.306 e. The van der Waals surface area contributed by atoms with E-state index in [1.165, 1.54) is 5.56 Å². The summed E-state index contributed by atoms with van der Waals surface area (Å²) < 4.78 is 0. The average molecular weight is 248 g/mol. The Labute approximate surface area is 107 Å². The lowest BCUT2D eigenvalue weighted by atomic mass is 9.95. The van der Waals surface area contributed by atoms with Gasteiger partial charge in [0, 0.05) is 18.4 Å². The van der Waals surface area contributed by atoms with Crippen molar-refractivity contribution < 1.29 is 9.90 Å². The van der Waals surface area contributed by atoms with E-state index < -0.39 is 5.97 Å². The van der Waals surface area contributed by atoms with Crippen LogP contribution in [0.4, 0.5) is 0 Å². The minimum Gasteiger partial charge on any atom is -0.481 e. The number of rotatable bonds is 5. The van der Waals surface area contributed by atoms with Crippen molar-refractivity contribution in [2.24, 2.45) is 11.8 Å². The van der Waals surface area contributed by atoms with Gasteiger partial charge in [0.05, 0.1) is 5.92 Å². The van der Waals surface area contributed by atoms with Gasteiger partial charge in [0.1, 0.15) is 0 Å². The van der Waals surface area contributed by atoms with Crippen molar-refractivity contribution in [3.63, 3.8) is 0 Å². The number of nitrogens with zero attached hydrogens (tertiary/aromatic N) is 1. The van der Waals surface area contributed by atoms with Crippen molar-refractivity contribution in [1.29, 1.82) is 0 Å². The van der Waals surface area contributed by atoms with E-state index in [-0.39, 0.29) is 17.9 Å². The highest BCUT2D eigenvalue weighted by Crippen LogP contribution is 2.31. The first-order valence-electron chi connectivity index (χ1n) is 6.54. The van der Waals surface area contributed by atoms with E-state index in [4.69, 9.17) is 5.11 Å². The standard InChI is InChI=1S/C14H20N2O2/c1-10(11-5-7-15-8-6-11)16-9-12-3-2-4-13(12)14(17)18/h5-8,10,12-13,16H,2-4,9H2,1H3,(H,17,18). The number of aromatic nitrogens is 1. The Bertz CT molecular complexity index is 394. The van der Waals surface area contributed by atoms with Crippen LogP contribution in [0.3, 0.4) is 0 Å². The van der Waals surface area contributed by atoms with Gasteiger partial charge in [0.25, 0.3) is 0 Å². The highest BCUT2D eigenvalue weighted by atomic mass is 16.4. The summed E-state index contributed by atoms with van der Waals surface area (Å²) in [6.45, 7) is 2.88. The molecule has 0 radical (unpaired) electrons. The lowest BCUT2D eigenvalue weighted by Crippen LogP contribution is -2.30. The predicted molar refractivity (Wildman–Crippen MR) is 69.1 cm³/mol. The van der Waals surface area contributed by atoms with Crippen molar-refractivity contribution in [3.8, 4) is 0 Å². The van der Waals surface area contributed by atoms with Crippen LogP contribution in [0.25, 0.3) is 0 Å². The predicted octanol–water partition coefficient (Wildman–Crippen LogP) is 2.23. The maximum absolute atomic E-state index is 11.1. The third-order valence-electron chi connectivity index (χ3n) is 3.87. The summed E-state index contributed by atoms with van der Waals surface area (Å²) in [6.07, 6.45) is 6.44. The molecule has 2 rings (SSSR count). The van der Waals surface area contributed by atoms with Crippen LogP contribution in [-0.4, -0.2) is 22.6 Å². The lowest BCUT2D eigenvalue weighted by Gasteiger charge is -2.20. The molecule has 0 amide bonds. The SMILES string of the molecule is CC(NCC1CCCC1C(=O)O)c1ccncc1. The molecule has 98 valence electrons. The summed E-state index contributed by atoms with van der Waals surface area (Å²) in [7, 11) is 0. The molecule has 18 heavy (non-hydrogen) atoms. The first-order valence-corrected chi connectivity index (χ1v) is 6.54. The van der Waals surface area contributed by atoms with Gasteiger partial charge in [-0.2, -0.15) is 0 Å². The van der Waals surface area contributed by atoms with Crippen molar-refractivity contribution in [1.82, 2.24) is 10.3 Å². The highest BCUT2D eigenvalue weighted by Gasteiger charge is 2.32. The Morgan fingerprint density at radius 1 is 1.50 bits per heavy atom. The summed E-state index contributed by atoms with van der Waals surface area (Å²) in [4.78, 5) is 15.1. The molecule has 4 heteroatoms. The first kappa shape index (κ1) is 13.0. The van der Waals surface area contributed by atoms with E-state index in [0.717, 1.165) is 25.8 Å². The molecule has 1 saturated carbocycles. The summed E-state index contributed by atoms with van der Waals surface area (Å²) in [5.41, 5.74) is 1.19. The zero-order chi connectivity index (χ0) is 13.0. The largest absolute Gasteiger partial charge is 0.481 e. The second kappa shape index (κ2) is 5.96. The molecule has 1 aliphatic carbocycles. The number of carboxylic acids is 1. The molecule has 1 fully saturated rings. The third kappa shape index (κ3) is 3.07. The third-order valence-corrected chi connectivity index (χ3v) is 3.87. The molecule has 1 aromatic heterocycles. The van der Waals surface area contributed by atoms with Gasteiger partial charge in [-0.3, -0.25) is 9.78 Å². The number of nitrogens with one attached hydrogen (secondary N) is 1. The Hall–Kier alpha value is -1.42. The maximum atomic E-state index is 11.1. The van der Waals surface area contributed by atoms with Crippen LogP contribution < -0.4 is 5.32 Å². The van der Waals surface area contributed by atoms with E-state index in [2.05, 4.69) is 17.2 Å². The van der Waals surface area contributed by atoms with Gasteiger partial charge in [-0.15, -0.1) is 0 Å². The molecule has 1 aromatic rings. The second-order valence-corrected chi connectivity index (χ2v) is 5.05. The van der Waals surface area contributed by atoms with Crippen molar-refractivity contribution >= 4 is 5.97 Å². The molecule has 1 aliphatic rings. The molecule has 4 nitrogen and oxygen atoms in total. The fourth-order valence-corrected chi connectivity index (χ4v) is 2.70. The smallest absolute Gasteiger partial charge is 0.306 e. The van der Waals surface area contributed by atoms with E-state index >= 15 is 0 Å². The topological polar surface area (TPSA) is 62.2 Å². The second-order valence-electron chi connectivity index (χ2n) is 5.05. The van der Waals surface area contributed by atoms with E-state index in [0.29, 0.717) is 0 Å². The highest BCUT2D eigenvalue weighted by molar-refractivity contribution is 5.70. The molecule has 0 saturated heterocycles. The van der Waals surface area contributed by atoms with E-state index in [1.807, 2.05) is 12.1 Å². The summed E-state index contributed by atoms with van der Waals surface area (Å²) in [5.74, 6) is -0.537. The fraction of sp³-hybridized carbons (Fsp3) is 0.571. The van der Waals surface area contributed by atoms with Gasteiger partial charge >= 0.3 is 5.97 Å². The molecule has 1 heterocycles. The van der Waals surface area contributed by atoms with Crippen LogP contribution in [0, 0.1) is 11.8 Å². The molecule has 0 aromatic carbocycles. The quantitative estimate of drug-likeness (QED) is 0.838. The number of hydrogen-bond acceptors (Lipinski definition) is 3. The van der Waals surface area contributed by atoms with Gasteiger partial charge in [-0.25, -0.2) is 0 Å². The molecular formula is C14H20N2O2. The summed E-state index contributed by atoms with van der Waals surface area (Å²) in [6, 6.07) is 4.21. The molecule has 0 spiro atoms. The van der Waals surface area contributed by atoms with Crippen LogP contribution in [0.5, 0.6) is 0 Å². The van der Waals surface area contributed by atoms with Crippen molar-refractivity contribution in [2.45, 2.75) is 32.2 Å². The van der Waals surface area contributed by atoms with Crippen molar-refractivity contribution in [3.05, 3.63) is 30.1 Å². The summed E-state index contributed by atoms with van der Waals surface area (Å²) in [5, 5.41) is 12.6. The zero-order valence-corrected chi connectivity index (χ0v) is 10.7. The molecule has 3 unspecified atom stereocenters. The zero-order valence-electron chi connectivity index (χ0n) is 10.7. The molecule has 0 aliphatic heterocycles. The minimum atomic E-state index is -0.643. The fourth-order valence-electron chi connectivity index (χ4n) is 2.70. The van der Waals surface area contributed by atoms with Crippen LogP contribution in [0.2, 0.25) is 0 Å². The number of pyridine rings is 1. The van der Waals surface area contributed by atoms with Gasteiger partial charge < -0.3 is 10.4 Å². The summed E-state index contributed by atoms with van der Waals surface area (Å²) >= 11 is 0. The van der Waals surface area contributed by atoms with Crippen LogP contribution in [-0.2, 0) is 4.79 Å². The van der Waals surface area contributed by atoms with E-state index in [1.54, 1.807) is 12.4 Å². The van der Waals surface area contributed by atoms with Gasteiger partial charge in [0.2, 0.25) is 0 Å². The first-order chi connectivity index (χ1) is 8.68. The van der Waals surface area contributed by atoms with Gasteiger partial charge in [0.15, 0.2) is 0 Å². The number of hydrogen-bond donors (Lipinski definition) is 2. The van der Waals surface area contributed by atoms with Crippen LogP contribution in [0.15, 0.2) is 24.5 Å². The van der Waals surface area contributed by atoms with Gasteiger partial charge in [-0.05, 0) is 49.9 Å². The Balaban J connectivity index is 1.86. The Morgan fingerprint density at radius 2 is 2.22 bits per heavy atom. The molecule has 0 bridgehead atoms. The Kier molecular flexibility index (Phi) is 4.31. The van der Waals surface area contributed by atoms with E-state index in [9.17, 15) is 4.79 Å². The van der Waals surface area contributed by atoms with Crippen LogP contribution >= 0.6 is 0 Å². The monoisotopic (exact) mass is 248 g/mol. The average Bonchev–Trinajstić information content (AvgIpc) is 2.85. The number of carbonyl (C=O) groups is 1. The number of carboxylic acid groups (broad SMARTS) is 1. The molecule has 2 N–H and O–H groups in total. The normalized spacial score (nSPS) is 24.9. The Morgan fingerprint density at radius 3 is 2.89 bits per heavy atom. The lowest BCUT2D eigenvalue weighted by molar-refractivity contribution is -0.142.